The number of sulfonamides is 1. The van der Waals surface area contributed by atoms with E-state index in [-0.39, 0.29) is 4.90 Å². The molecule has 0 saturated carbocycles. The molecule has 8 heteroatoms. The summed E-state index contributed by atoms with van der Waals surface area (Å²) in [5.74, 6) is 0.474. The van der Waals surface area contributed by atoms with Gasteiger partial charge in [0.05, 0.1) is 10.6 Å². The summed E-state index contributed by atoms with van der Waals surface area (Å²) >= 11 is 5.23. The molecule has 0 amide bonds. The second-order valence-electron chi connectivity index (χ2n) is 6.11. The first-order chi connectivity index (χ1) is 12.2. The van der Waals surface area contributed by atoms with Crippen LogP contribution in [0.4, 0.5) is 5.69 Å². The quantitative estimate of drug-likeness (QED) is 0.414. The van der Waals surface area contributed by atoms with Gasteiger partial charge in [-0.05, 0) is 60.5 Å². The average Bonchev–Trinajstić information content (AvgIpc) is 2.59. The number of nitrogens with two attached hydrogens (primary N) is 1. The molecular weight excluding hydrogens is 368 g/mol. The van der Waals surface area contributed by atoms with Crippen molar-refractivity contribution in [1.82, 2.24) is 5.43 Å². The molecular formula is C18H22N4O2S2. The van der Waals surface area contributed by atoms with E-state index in [2.05, 4.69) is 41.8 Å². The van der Waals surface area contributed by atoms with Gasteiger partial charge >= 0.3 is 0 Å². The van der Waals surface area contributed by atoms with E-state index in [1.165, 1.54) is 17.7 Å². The van der Waals surface area contributed by atoms with Crippen molar-refractivity contribution < 1.29 is 8.42 Å². The molecule has 4 N–H and O–H groups in total. The highest BCUT2D eigenvalue weighted by Crippen LogP contribution is 2.17. The Kier molecular flexibility index (Phi) is 6.47. The van der Waals surface area contributed by atoms with Crippen LogP contribution in [0.15, 0.2) is 58.5 Å². The van der Waals surface area contributed by atoms with Gasteiger partial charge in [-0.1, -0.05) is 38.1 Å². The van der Waals surface area contributed by atoms with Crippen LogP contribution < -0.4 is 15.9 Å². The van der Waals surface area contributed by atoms with Gasteiger partial charge in [0.25, 0.3) is 0 Å². The van der Waals surface area contributed by atoms with E-state index in [1.54, 1.807) is 19.1 Å². The molecule has 0 unspecified atom stereocenters. The molecule has 138 valence electrons. The summed E-state index contributed by atoms with van der Waals surface area (Å²) in [5.41, 5.74) is 6.32. The third kappa shape index (κ3) is 5.62. The Hall–Kier alpha value is -2.29. The zero-order chi connectivity index (χ0) is 19.3. The summed E-state index contributed by atoms with van der Waals surface area (Å²) < 4.78 is 22.5. The predicted octanol–water partition coefficient (Wildman–Crippen LogP) is 3.17. The Morgan fingerprint density at radius 1 is 1.08 bits per heavy atom. The van der Waals surface area contributed by atoms with Gasteiger partial charge in [-0.15, -0.1) is 0 Å². The van der Waals surface area contributed by atoms with Crippen LogP contribution in [0, 0.1) is 0 Å². The Morgan fingerprint density at radius 2 is 1.65 bits per heavy atom. The van der Waals surface area contributed by atoms with Crippen molar-refractivity contribution in [2.45, 2.75) is 31.6 Å². The van der Waals surface area contributed by atoms with Gasteiger partial charge < -0.3 is 5.32 Å². The maximum atomic E-state index is 11.3. The fourth-order valence-corrected chi connectivity index (χ4v) is 2.87. The number of benzene rings is 2. The molecule has 0 heterocycles. The Labute approximate surface area is 159 Å². The average molecular weight is 391 g/mol. The van der Waals surface area contributed by atoms with Gasteiger partial charge in [0.1, 0.15) is 0 Å². The molecule has 0 fully saturated rings. The highest BCUT2D eigenvalue weighted by Gasteiger charge is 2.07. The third-order valence-electron chi connectivity index (χ3n) is 3.76. The number of primary sulfonamides is 1. The fourth-order valence-electron chi connectivity index (χ4n) is 2.20. The largest absolute Gasteiger partial charge is 0.331 e. The van der Waals surface area contributed by atoms with Crippen LogP contribution in [0.25, 0.3) is 0 Å². The van der Waals surface area contributed by atoms with Gasteiger partial charge in [0, 0.05) is 5.69 Å². The highest BCUT2D eigenvalue weighted by molar-refractivity contribution is 7.89. The minimum absolute atomic E-state index is 0.0593. The normalized spacial score (nSPS) is 12.1. The molecule has 0 spiro atoms. The number of anilines is 1. The second-order valence-corrected chi connectivity index (χ2v) is 8.08. The molecule has 0 atom stereocenters. The topological polar surface area (TPSA) is 96.6 Å². The van der Waals surface area contributed by atoms with E-state index in [4.69, 9.17) is 17.4 Å². The van der Waals surface area contributed by atoms with E-state index in [0.29, 0.717) is 16.7 Å². The summed E-state index contributed by atoms with van der Waals surface area (Å²) in [6.45, 7) is 6.07. The van der Waals surface area contributed by atoms with E-state index in [1.807, 2.05) is 12.1 Å². The van der Waals surface area contributed by atoms with Crippen LogP contribution in [-0.4, -0.2) is 19.2 Å². The summed E-state index contributed by atoms with van der Waals surface area (Å²) in [6, 6.07) is 14.2. The SMILES string of the molecule is C/C(=N\NC(=S)Nc1ccc(C(C)C)cc1)c1ccc(S(N)(=O)=O)cc1. The van der Waals surface area contributed by atoms with Gasteiger partial charge in [-0.2, -0.15) is 5.10 Å². The Bertz CT molecular complexity index is 903. The number of nitrogens with zero attached hydrogens (tertiary/aromatic N) is 1. The summed E-state index contributed by atoms with van der Waals surface area (Å²) in [7, 11) is -3.70. The van der Waals surface area contributed by atoms with Crippen LogP contribution in [0.5, 0.6) is 0 Å². The first kappa shape index (κ1) is 20.0. The van der Waals surface area contributed by atoms with Crippen molar-refractivity contribution in [3.8, 4) is 0 Å². The lowest BCUT2D eigenvalue weighted by Gasteiger charge is -2.10. The monoisotopic (exact) mass is 390 g/mol. The molecule has 0 saturated heterocycles. The molecule has 0 aliphatic carbocycles. The van der Waals surface area contributed by atoms with Crippen LogP contribution in [0.3, 0.4) is 0 Å². The molecule has 26 heavy (non-hydrogen) atoms. The van der Waals surface area contributed by atoms with E-state index in [9.17, 15) is 8.42 Å². The van der Waals surface area contributed by atoms with Crippen molar-refractivity contribution in [2.24, 2.45) is 10.2 Å². The number of nitrogens with one attached hydrogen (secondary N) is 2. The van der Waals surface area contributed by atoms with Crippen LogP contribution >= 0.6 is 12.2 Å². The van der Waals surface area contributed by atoms with Crippen molar-refractivity contribution in [1.29, 1.82) is 0 Å². The second kappa shape index (κ2) is 8.39. The van der Waals surface area contributed by atoms with Gasteiger partial charge in [0.15, 0.2) is 5.11 Å². The lowest BCUT2D eigenvalue weighted by atomic mass is 10.0. The number of thiocarbonyl (C=S) groups is 1. The summed E-state index contributed by atoms with van der Waals surface area (Å²) in [6.07, 6.45) is 0. The molecule has 0 aromatic heterocycles. The standard InChI is InChI=1S/C18H22N4O2S2/c1-12(2)14-4-8-16(9-5-14)20-18(25)22-21-13(3)15-6-10-17(11-7-15)26(19,23)24/h4-12H,1-3H3,(H2,19,23,24)(H2,20,22,25)/b21-13+. The number of hydrogen-bond donors (Lipinski definition) is 3. The zero-order valence-electron chi connectivity index (χ0n) is 14.9. The summed E-state index contributed by atoms with van der Waals surface area (Å²) in [5, 5.41) is 12.7. The fraction of sp³-hybridized carbons (Fsp3) is 0.222. The maximum absolute atomic E-state index is 11.3. The smallest absolute Gasteiger partial charge is 0.238 e. The predicted molar refractivity (Wildman–Crippen MR) is 110 cm³/mol. The number of hydrogen-bond acceptors (Lipinski definition) is 4. The Morgan fingerprint density at radius 3 is 2.15 bits per heavy atom. The number of hydrazone groups is 1. The summed E-state index contributed by atoms with van der Waals surface area (Å²) in [4.78, 5) is 0.0593. The molecule has 0 aliphatic rings. The van der Waals surface area contributed by atoms with Crippen molar-refractivity contribution in [3.63, 3.8) is 0 Å². The van der Waals surface area contributed by atoms with Crippen molar-refractivity contribution in [3.05, 3.63) is 59.7 Å². The minimum Gasteiger partial charge on any atom is -0.331 e. The van der Waals surface area contributed by atoms with Crippen molar-refractivity contribution in [2.75, 3.05) is 5.32 Å². The lowest BCUT2D eigenvalue weighted by molar-refractivity contribution is 0.598. The van der Waals surface area contributed by atoms with E-state index in [0.717, 1.165) is 11.3 Å². The molecule has 2 aromatic carbocycles. The van der Waals surface area contributed by atoms with E-state index >= 15 is 0 Å². The molecule has 0 aliphatic heterocycles. The third-order valence-corrected chi connectivity index (χ3v) is 4.88. The van der Waals surface area contributed by atoms with E-state index < -0.39 is 10.0 Å². The van der Waals surface area contributed by atoms with Crippen molar-refractivity contribution >= 4 is 38.8 Å². The Balaban J connectivity index is 1.98. The zero-order valence-corrected chi connectivity index (χ0v) is 16.5. The first-order valence-corrected chi connectivity index (χ1v) is 9.97. The van der Waals surface area contributed by atoms with Crippen LogP contribution in [0.1, 0.15) is 37.8 Å². The molecule has 6 nitrogen and oxygen atoms in total. The van der Waals surface area contributed by atoms with Gasteiger partial charge in [-0.25, -0.2) is 13.6 Å². The van der Waals surface area contributed by atoms with Gasteiger partial charge in [-0.3, -0.25) is 5.43 Å². The van der Waals surface area contributed by atoms with Crippen LogP contribution in [-0.2, 0) is 10.0 Å². The van der Waals surface area contributed by atoms with Gasteiger partial charge in [0.2, 0.25) is 10.0 Å². The molecule has 0 radical (unpaired) electrons. The molecule has 0 bridgehead atoms. The first-order valence-electron chi connectivity index (χ1n) is 8.01. The number of rotatable bonds is 5. The molecule has 2 rings (SSSR count). The molecule has 2 aromatic rings. The maximum Gasteiger partial charge on any atom is 0.238 e. The highest BCUT2D eigenvalue weighted by atomic mass is 32.2. The van der Waals surface area contributed by atoms with Crippen LogP contribution in [0.2, 0.25) is 0 Å². The minimum atomic E-state index is -3.70. The lowest BCUT2D eigenvalue weighted by Crippen LogP contribution is -2.25.